The monoisotopic (exact) mass is 464 g/mol. The van der Waals surface area contributed by atoms with Gasteiger partial charge in [0.1, 0.15) is 18.2 Å². The molecule has 0 aliphatic carbocycles. The van der Waals surface area contributed by atoms with Crippen LogP contribution >= 0.6 is 0 Å². The molecule has 1 aromatic carbocycles. The molecule has 1 saturated heterocycles. The third-order valence-corrected chi connectivity index (χ3v) is 6.18. The Hall–Kier alpha value is -4.22. The predicted octanol–water partition coefficient (Wildman–Crippen LogP) is 0.765. The molecule has 2 aliphatic heterocycles. The van der Waals surface area contributed by atoms with E-state index >= 15 is 0 Å². The number of anilines is 1. The van der Waals surface area contributed by atoms with Crippen molar-refractivity contribution in [2.75, 3.05) is 25.0 Å². The Morgan fingerprint density at radius 2 is 1.94 bits per heavy atom. The molecule has 2 aromatic heterocycles. The van der Waals surface area contributed by atoms with Crippen LogP contribution in [-0.4, -0.2) is 78.6 Å². The molecular formula is C22H24N8O4. The molecule has 2 N–H and O–H groups in total. The molecule has 12 heteroatoms. The average Bonchev–Trinajstić information content (AvgIpc) is 3.40. The Morgan fingerprint density at radius 3 is 2.68 bits per heavy atom. The van der Waals surface area contributed by atoms with E-state index in [-0.39, 0.29) is 17.6 Å². The number of carboxylic acid groups (broad SMARTS) is 1. The number of hydrogen-bond donors (Lipinski definition) is 2. The van der Waals surface area contributed by atoms with Crippen molar-refractivity contribution in [1.29, 1.82) is 0 Å². The third kappa shape index (κ3) is 4.09. The van der Waals surface area contributed by atoms with E-state index < -0.39 is 18.0 Å². The van der Waals surface area contributed by atoms with Crippen LogP contribution in [0, 0.1) is 0 Å². The number of nitrogens with zero attached hydrogens (tertiary/aromatic N) is 7. The quantitative estimate of drug-likeness (QED) is 0.569. The minimum absolute atomic E-state index is 0.00335. The summed E-state index contributed by atoms with van der Waals surface area (Å²) in [5, 5.41) is 20.6. The summed E-state index contributed by atoms with van der Waals surface area (Å²) >= 11 is 0. The van der Waals surface area contributed by atoms with Crippen LogP contribution in [0.15, 0.2) is 42.7 Å². The zero-order chi connectivity index (χ0) is 23.8. The molecule has 3 amide bonds. The van der Waals surface area contributed by atoms with E-state index in [9.17, 15) is 14.4 Å². The maximum atomic E-state index is 13.1. The number of benzene rings is 1. The third-order valence-electron chi connectivity index (χ3n) is 6.18. The molecule has 0 bridgehead atoms. The van der Waals surface area contributed by atoms with E-state index in [1.165, 1.54) is 16.1 Å². The average molecular weight is 464 g/mol. The van der Waals surface area contributed by atoms with Crippen molar-refractivity contribution >= 4 is 23.7 Å². The van der Waals surface area contributed by atoms with Crippen molar-refractivity contribution in [3.8, 4) is 0 Å². The van der Waals surface area contributed by atoms with Crippen molar-refractivity contribution in [1.82, 2.24) is 34.8 Å². The summed E-state index contributed by atoms with van der Waals surface area (Å²) in [4.78, 5) is 43.7. The molecule has 5 rings (SSSR count). The van der Waals surface area contributed by atoms with Gasteiger partial charge in [0.2, 0.25) is 5.82 Å². The number of aromatic nitrogens is 5. The van der Waals surface area contributed by atoms with Crippen molar-refractivity contribution in [3.05, 3.63) is 59.8 Å². The van der Waals surface area contributed by atoms with Crippen molar-refractivity contribution in [2.24, 2.45) is 0 Å². The summed E-state index contributed by atoms with van der Waals surface area (Å²) in [6.45, 7) is 1.71. The van der Waals surface area contributed by atoms with Gasteiger partial charge in [0.15, 0.2) is 0 Å². The van der Waals surface area contributed by atoms with E-state index in [1.54, 1.807) is 16.4 Å². The van der Waals surface area contributed by atoms with Crippen LogP contribution in [0.25, 0.3) is 0 Å². The van der Waals surface area contributed by atoms with Crippen molar-refractivity contribution < 1.29 is 19.5 Å². The van der Waals surface area contributed by atoms with E-state index in [2.05, 4.69) is 20.5 Å². The fraction of sp³-hybridized carbons (Fsp3) is 0.364. The second kappa shape index (κ2) is 8.61. The van der Waals surface area contributed by atoms with E-state index in [1.807, 2.05) is 36.4 Å². The zero-order valence-corrected chi connectivity index (χ0v) is 18.5. The van der Waals surface area contributed by atoms with Crippen LogP contribution in [0.4, 0.5) is 10.6 Å². The van der Waals surface area contributed by atoms with Gasteiger partial charge in [-0.05, 0) is 12.0 Å². The van der Waals surface area contributed by atoms with E-state index in [0.717, 1.165) is 11.3 Å². The molecule has 0 unspecified atom stereocenters. The molecule has 1 fully saturated rings. The van der Waals surface area contributed by atoms with Gasteiger partial charge in [-0.2, -0.15) is 5.10 Å². The van der Waals surface area contributed by atoms with Gasteiger partial charge in [-0.3, -0.25) is 14.5 Å². The number of amides is 3. The van der Waals surface area contributed by atoms with Gasteiger partial charge in [-0.15, -0.1) is 5.10 Å². The van der Waals surface area contributed by atoms with Crippen LogP contribution in [0.1, 0.15) is 34.2 Å². The Balaban J connectivity index is 1.22. The predicted molar refractivity (Wildman–Crippen MR) is 119 cm³/mol. The number of likely N-dealkylation sites (tertiary alicyclic amines) is 1. The first-order valence-corrected chi connectivity index (χ1v) is 11.0. The highest BCUT2D eigenvalue weighted by molar-refractivity contribution is 6.00. The molecule has 0 saturated carbocycles. The number of hydrogen-bond acceptors (Lipinski definition) is 6. The zero-order valence-electron chi connectivity index (χ0n) is 18.5. The smallest absolute Gasteiger partial charge is 0.407 e. The molecule has 12 nitrogen and oxygen atoms in total. The molecule has 3 aromatic rings. The highest BCUT2D eigenvalue weighted by Gasteiger charge is 2.36. The first-order valence-electron chi connectivity index (χ1n) is 11.0. The molecule has 0 spiro atoms. The lowest BCUT2D eigenvalue weighted by Crippen LogP contribution is -2.48. The van der Waals surface area contributed by atoms with Crippen LogP contribution in [0.5, 0.6) is 0 Å². The standard InChI is InChI=1S/C22H24N8O4/c1-27-18-9-17(15-11-28(12-15)22(33)34)25-30(18)8-7-16(21(27)32)24-20(31)19-23-13-29(26-19)10-14-5-3-2-4-6-14/h2-6,9,13,15-16H,7-8,10-12H2,1H3,(H,24,31)(H,33,34)/t16-/m0/s1. The second-order valence-electron chi connectivity index (χ2n) is 8.50. The van der Waals surface area contributed by atoms with Crippen LogP contribution < -0.4 is 10.2 Å². The van der Waals surface area contributed by atoms with Gasteiger partial charge >= 0.3 is 6.09 Å². The van der Waals surface area contributed by atoms with Crippen molar-refractivity contribution in [2.45, 2.75) is 31.5 Å². The topological polar surface area (TPSA) is 138 Å². The molecule has 0 radical (unpaired) electrons. The minimum atomic E-state index is -0.942. The highest BCUT2D eigenvalue weighted by atomic mass is 16.4. The van der Waals surface area contributed by atoms with Gasteiger partial charge in [0, 0.05) is 38.7 Å². The maximum Gasteiger partial charge on any atom is 0.407 e. The summed E-state index contributed by atoms with van der Waals surface area (Å²) in [5.74, 6) is -0.129. The lowest BCUT2D eigenvalue weighted by Gasteiger charge is -2.35. The number of nitrogens with one attached hydrogen (secondary N) is 1. The largest absolute Gasteiger partial charge is 0.465 e. The fourth-order valence-corrected chi connectivity index (χ4v) is 4.21. The van der Waals surface area contributed by atoms with Crippen LogP contribution in [0.3, 0.4) is 0 Å². The van der Waals surface area contributed by atoms with E-state index in [0.29, 0.717) is 38.4 Å². The summed E-state index contributed by atoms with van der Waals surface area (Å²) in [5.41, 5.74) is 1.80. The molecule has 2 aliphatic rings. The van der Waals surface area contributed by atoms with E-state index in [4.69, 9.17) is 5.11 Å². The van der Waals surface area contributed by atoms with Gasteiger partial charge in [0.05, 0.1) is 12.2 Å². The number of rotatable bonds is 5. The van der Waals surface area contributed by atoms with Gasteiger partial charge in [-0.1, -0.05) is 30.3 Å². The summed E-state index contributed by atoms with van der Waals surface area (Å²) in [6.07, 6.45) is 0.911. The highest BCUT2D eigenvalue weighted by Crippen LogP contribution is 2.30. The summed E-state index contributed by atoms with van der Waals surface area (Å²) < 4.78 is 3.31. The Kier molecular flexibility index (Phi) is 5.48. The number of carbonyl (C=O) groups excluding carboxylic acids is 2. The normalized spacial score (nSPS) is 18.3. The number of likely N-dealkylation sites (N-methyl/N-ethyl adjacent to an activating group) is 1. The van der Waals surface area contributed by atoms with Crippen LogP contribution in [-0.2, 0) is 17.9 Å². The Bertz CT molecular complexity index is 1230. The number of fused-ring (bicyclic) bond motifs is 1. The lowest BCUT2D eigenvalue weighted by atomic mass is 9.97. The molecule has 4 heterocycles. The molecule has 1 atom stereocenters. The fourth-order valence-electron chi connectivity index (χ4n) is 4.21. The molecule has 176 valence electrons. The Labute approximate surface area is 194 Å². The Morgan fingerprint density at radius 1 is 1.18 bits per heavy atom. The van der Waals surface area contributed by atoms with Gasteiger partial charge < -0.3 is 15.3 Å². The number of aryl methyl sites for hydroxylation is 1. The minimum Gasteiger partial charge on any atom is -0.465 e. The first kappa shape index (κ1) is 21.6. The second-order valence-corrected chi connectivity index (χ2v) is 8.50. The SMILES string of the molecule is CN1C(=O)[C@@H](NC(=O)c2ncn(Cc3ccccc3)n2)CCn2nc(C3CN(C(=O)O)C3)cc21. The van der Waals surface area contributed by atoms with Gasteiger partial charge in [-0.25, -0.2) is 19.1 Å². The number of carbonyl (C=O) groups is 3. The summed E-state index contributed by atoms with van der Waals surface area (Å²) in [6, 6.07) is 10.8. The van der Waals surface area contributed by atoms with Crippen molar-refractivity contribution in [3.63, 3.8) is 0 Å². The summed E-state index contributed by atoms with van der Waals surface area (Å²) in [7, 11) is 1.64. The van der Waals surface area contributed by atoms with Crippen LogP contribution in [0.2, 0.25) is 0 Å². The lowest BCUT2D eigenvalue weighted by molar-refractivity contribution is -0.120. The molecule has 34 heavy (non-hydrogen) atoms. The van der Waals surface area contributed by atoms with Gasteiger partial charge in [0.25, 0.3) is 11.8 Å². The maximum absolute atomic E-state index is 13.1. The molecular weight excluding hydrogens is 440 g/mol. The first-order chi connectivity index (χ1) is 16.4.